The van der Waals surface area contributed by atoms with E-state index >= 15 is 0 Å². The molecule has 114 valence electrons. The van der Waals surface area contributed by atoms with Crippen molar-refractivity contribution in [3.8, 4) is 0 Å². The van der Waals surface area contributed by atoms with Crippen LogP contribution in [0.5, 0.6) is 0 Å². The molecule has 3 heteroatoms. The molecular formula is C17H30N2O. The van der Waals surface area contributed by atoms with E-state index in [1.807, 2.05) is 0 Å². The van der Waals surface area contributed by atoms with Crippen LogP contribution in [0, 0.1) is 11.8 Å². The predicted octanol–water partition coefficient (Wildman–Crippen LogP) is 2.90. The highest BCUT2D eigenvalue weighted by Gasteiger charge is 2.36. The van der Waals surface area contributed by atoms with Gasteiger partial charge in [-0.25, -0.2) is 0 Å². The Morgan fingerprint density at radius 2 is 1.65 bits per heavy atom. The quantitative estimate of drug-likeness (QED) is 0.792. The van der Waals surface area contributed by atoms with E-state index in [1.165, 1.54) is 51.6 Å². The molecule has 0 radical (unpaired) electrons. The third-order valence-electron chi connectivity index (χ3n) is 5.80. The summed E-state index contributed by atoms with van der Waals surface area (Å²) in [5, 5.41) is 0. The number of carbonyl (C=O) groups is 1. The summed E-state index contributed by atoms with van der Waals surface area (Å²) in [6.07, 6.45) is 10.2. The minimum Gasteiger partial charge on any atom is -0.342 e. The first-order valence-corrected chi connectivity index (χ1v) is 8.80. The largest absolute Gasteiger partial charge is 0.342 e. The van der Waals surface area contributed by atoms with E-state index in [-0.39, 0.29) is 0 Å². The molecule has 0 aromatic heterocycles. The molecule has 0 N–H and O–H groups in total. The zero-order valence-corrected chi connectivity index (χ0v) is 13.0. The fourth-order valence-electron chi connectivity index (χ4n) is 4.24. The van der Waals surface area contributed by atoms with Crippen molar-refractivity contribution in [2.24, 2.45) is 11.8 Å². The molecule has 2 aliphatic heterocycles. The van der Waals surface area contributed by atoms with Gasteiger partial charge in [-0.15, -0.1) is 0 Å². The van der Waals surface area contributed by atoms with Crippen LogP contribution in [-0.4, -0.2) is 47.9 Å². The van der Waals surface area contributed by atoms with E-state index < -0.39 is 0 Å². The van der Waals surface area contributed by atoms with E-state index in [9.17, 15) is 4.79 Å². The van der Waals surface area contributed by atoms with E-state index in [2.05, 4.69) is 16.7 Å². The fraction of sp³-hybridized carbons (Fsp3) is 0.941. The SMILES string of the molecule is CCC1CN(C(=O)C2CCC(N3CCCCC3)CC2)C1. The van der Waals surface area contributed by atoms with E-state index in [0.29, 0.717) is 11.8 Å². The Bertz CT molecular complexity index is 324. The summed E-state index contributed by atoms with van der Waals surface area (Å²) in [5.41, 5.74) is 0. The summed E-state index contributed by atoms with van der Waals surface area (Å²) >= 11 is 0. The van der Waals surface area contributed by atoms with Crippen LogP contribution in [-0.2, 0) is 4.79 Å². The average Bonchev–Trinajstić information content (AvgIpc) is 2.47. The van der Waals surface area contributed by atoms with E-state index in [1.54, 1.807) is 0 Å². The van der Waals surface area contributed by atoms with Gasteiger partial charge in [0.15, 0.2) is 0 Å². The number of amides is 1. The molecule has 3 rings (SSSR count). The van der Waals surface area contributed by atoms with Gasteiger partial charge in [0.2, 0.25) is 5.91 Å². The average molecular weight is 278 g/mol. The topological polar surface area (TPSA) is 23.6 Å². The van der Waals surface area contributed by atoms with Crippen LogP contribution in [0.2, 0.25) is 0 Å². The first-order chi connectivity index (χ1) is 9.78. The smallest absolute Gasteiger partial charge is 0.225 e. The Morgan fingerprint density at radius 1 is 1.00 bits per heavy atom. The van der Waals surface area contributed by atoms with Crippen molar-refractivity contribution in [3.63, 3.8) is 0 Å². The lowest BCUT2D eigenvalue weighted by atomic mass is 9.82. The molecule has 0 atom stereocenters. The Kier molecular flexibility index (Phi) is 4.65. The summed E-state index contributed by atoms with van der Waals surface area (Å²) in [6, 6.07) is 0.777. The second-order valence-corrected chi connectivity index (χ2v) is 7.12. The summed E-state index contributed by atoms with van der Waals surface area (Å²) in [4.78, 5) is 17.2. The zero-order chi connectivity index (χ0) is 13.9. The molecule has 1 saturated carbocycles. The van der Waals surface area contributed by atoms with Crippen LogP contribution in [0.1, 0.15) is 58.3 Å². The number of likely N-dealkylation sites (tertiary alicyclic amines) is 2. The van der Waals surface area contributed by atoms with Crippen LogP contribution in [0.4, 0.5) is 0 Å². The fourth-order valence-corrected chi connectivity index (χ4v) is 4.24. The molecule has 2 heterocycles. The van der Waals surface area contributed by atoms with Gasteiger partial charge in [0.1, 0.15) is 0 Å². The first-order valence-electron chi connectivity index (χ1n) is 8.80. The van der Waals surface area contributed by atoms with Crippen LogP contribution < -0.4 is 0 Å². The van der Waals surface area contributed by atoms with Gasteiger partial charge in [-0.3, -0.25) is 4.79 Å². The van der Waals surface area contributed by atoms with E-state index in [4.69, 9.17) is 0 Å². The van der Waals surface area contributed by atoms with Gasteiger partial charge < -0.3 is 9.80 Å². The standard InChI is InChI=1S/C17H30N2O/c1-2-14-12-19(13-14)17(20)15-6-8-16(9-7-15)18-10-4-3-5-11-18/h14-16H,2-13H2,1H3. The number of rotatable bonds is 3. The summed E-state index contributed by atoms with van der Waals surface area (Å²) < 4.78 is 0. The lowest BCUT2D eigenvalue weighted by molar-refractivity contribution is -0.143. The molecule has 1 amide bonds. The molecule has 0 unspecified atom stereocenters. The van der Waals surface area contributed by atoms with Crippen molar-refractivity contribution in [1.82, 2.24) is 9.80 Å². The number of carbonyl (C=O) groups excluding carboxylic acids is 1. The van der Waals surface area contributed by atoms with Crippen molar-refractivity contribution >= 4 is 5.91 Å². The molecule has 2 saturated heterocycles. The Labute approximate surface area is 123 Å². The normalized spacial score (nSPS) is 33.0. The zero-order valence-electron chi connectivity index (χ0n) is 13.0. The molecule has 3 nitrogen and oxygen atoms in total. The third kappa shape index (κ3) is 3.03. The Morgan fingerprint density at radius 3 is 2.25 bits per heavy atom. The van der Waals surface area contributed by atoms with Gasteiger partial charge in [0, 0.05) is 25.0 Å². The summed E-state index contributed by atoms with van der Waals surface area (Å²) in [6.45, 7) is 6.89. The van der Waals surface area contributed by atoms with Gasteiger partial charge in [-0.2, -0.15) is 0 Å². The van der Waals surface area contributed by atoms with Gasteiger partial charge in [-0.05, 0) is 64.0 Å². The minimum atomic E-state index is 0.342. The molecule has 3 fully saturated rings. The molecule has 3 aliphatic rings. The highest BCUT2D eigenvalue weighted by atomic mass is 16.2. The van der Waals surface area contributed by atoms with Gasteiger partial charge in [0.25, 0.3) is 0 Å². The predicted molar refractivity (Wildman–Crippen MR) is 81.5 cm³/mol. The number of hydrogen-bond acceptors (Lipinski definition) is 2. The number of nitrogens with zero attached hydrogens (tertiary/aromatic N) is 2. The maximum Gasteiger partial charge on any atom is 0.225 e. The maximum absolute atomic E-state index is 12.4. The van der Waals surface area contributed by atoms with Crippen molar-refractivity contribution in [2.45, 2.75) is 64.3 Å². The minimum absolute atomic E-state index is 0.342. The third-order valence-corrected chi connectivity index (χ3v) is 5.80. The molecular weight excluding hydrogens is 248 g/mol. The Balaban J connectivity index is 1.43. The van der Waals surface area contributed by atoms with Crippen LogP contribution in [0.15, 0.2) is 0 Å². The van der Waals surface area contributed by atoms with Crippen LogP contribution in [0.25, 0.3) is 0 Å². The van der Waals surface area contributed by atoms with Crippen molar-refractivity contribution in [2.75, 3.05) is 26.2 Å². The summed E-state index contributed by atoms with van der Waals surface area (Å²) in [7, 11) is 0. The second-order valence-electron chi connectivity index (χ2n) is 7.12. The van der Waals surface area contributed by atoms with Gasteiger partial charge in [0.05, 0.1) is 0 Å². The molecule has 0 spiro atoms. The van der Waals surface area contributed by atoms with Gasteiger partial charge >= 0.3 is 0 Å². The molecule has 0 bridgehead atoms. The highest BCUT2D eigenvalue weighted by Crippen LogP contribution is 2.32. The van der Waals surface area contributed by atoms with Crippen molar-refractivity contribution < 1.29 is 4.79 Å². The summed E-state index contributed by atoms with van der Waals surface area (Å²) in [5.74, 6) is 1.59. The van der Waals surface area contributed by atoms with Gasteiger partial charge in [-0.1, -0.05) is 13.3 Å². The first kappa shape index (κ1) is 14.4. The number of hydrogen-bond donors (Lipinski definition) is 0. The molecule has 1 aliphatic carbocycles. The van der Waals surface area contributed by atoms with Crippen LogP contribution in [0.3, 0.4) is 0 Å². The lowest BCUT2D eigenvalue weighted by Crippen LogP contribution is -2.52. The van der Waals surface area contributed by atoms with Crippen LogP contribution >= 0.6 is 0 Å². The molecule has 20 heavy (non-hydrogen) atoms. The number of piperidine rings is 1. The highest BCUT2D eigenvalue weighted by molar-refractivity contribution is 5.79. The maximum atomic E-state index is 12.4. The molecule has 0 aromatic rings. The second kappa shape index (κ2) is 6.46. The molecule has 0 aromatic carbocycles. The lowest BCUT2D eigenvalue weighted by Gasteiger charge is -2.43. The van der Waals surface area contributed by atoms with Crippen molar-refractivity contribution in [1.29, 1.82) is 0 Å². The van der Waals surface area contributed by atoms with Crippen molar-refractivity contribution in [3.05, 3.63) is 0 Å². The monoisotopic (exact) mass is 278 g/mol. The van der Waals surface area contributed by atoms with E-state index in [0.717, 1.165) is 37.9 Å². The Hall–Kier alpha value is -0.570.